The number of benzene rings is 2. The first-order chi connectivity index (χ1) is 20.9. The second kappa shape index (κ2) is 15.9. The third-order valence-corrected chi connectivity index (χ3v) is 6.88. The highest BCUT2D eigenvalue weighted by molar-refractivity contribution is 5.85. The molecule has 4 N–H and O–H groups in total. The van der Waals surface area contributed by atoms with E-state index in [1.807, 2.05) is 54.6 Å². The highest BCUT2D eigenvalue weighted by Crippen LogP contribution is 2.27. The molecule has 0 aliphatic heterocycles. The fourth-order valence-corrected chi connectivity index (χ4v) is 4.81. The van der Waals surface area contributed by atoms with E-state index < -0.39 is 53.8 Å². The van der Waals surface area contributed by atoms with E-state index >= 15 is 0 Å². The van der Waals surface area contributed by atoms with Crippen LogP contribution in [0.15, 0.2) is 60.8 Å². The Bertz CT molecular complexity index is 1400. The van der Waals surface area contributed by atoms with Gasteiger partial charge in [0.25, 0.3) is 0 Å². The van der Waals surface area contributed by atoms with Crippen molar-refractivity contribution >= 4 is 34.9 Å². The summed E-state index contributed by atoms with van der Waals surface area (Å²) in [4.78, 5) is 54.4. The molecular formula is C32H42N4O8. The second-order valence-corrected chi connectivity index (χ2v) is 11.2. The number of nitrogens with one attached hydrogen (secondary N) is 4. The molecular weight excluding hydrogens is 568 g/mol. The standard InChI is InChI=1S/C32H42N4O8/c1-32(2,3)44-31(40)36-28(22-18-33-23-15-11-10-14-21(22)23)26(35-25(30(39)43-6)17-27(37)41-4)19-34-24(29(38)42-5)16-20-12-8-7-9-13-20/h7-15,18,24-26,28,33-35H,16-17,19H2,1-6H3,(H,36,40)/t24-,25-,26-,28-/m0/s1. The van der Waals surface area contributed by atoms with Crippen LogP contribution in [0.2, 0.25) is 0 Å². The second-order valence-electron chi connectivity index (χ2n) is 11.2. The number of aromatic nitrogens is 1. The molecule has 44 heavy (non-hydrogen) atoms. The number of aromatic amines is 1. The van der Waals surface area contributed by atoms with Gasteiger partial charge in [-0.1, -0.05) is 48.5 Å². The number of carbonyl (C=O) groups is 4. The number of fused-ring (bicyclic) bond motifs is 1. The number of alkyl carbamates (subject to hydrolysis) is 1. The predicted octanol–water partition coefficient (Wildman–Crippen LogP) is 3.17. The van der Waals surface area contributed by atoms with Crippen LogP contribution in [0.5, 0.6) is 0 Å². The third-order valence-electron chi connectivity index (χ3n) is 6.88. The van der Waals surface area contributed by atoms with Gasteiger partial charge in [-0.2, -0.15) is 0 Å². The summed E-state index contributed by atoms with van der Waals surface area (Å²) < 4.78 is 20.5. The van der Waals surface area contributed by atoms with Gasteiger partial charge < -0.3 is 34.6 Å². The minimum Gasteiger partial charge on any atom is -0.469 e. The molecule has 0 saturated heterocycles. The number of methoxy groups -OCH3 is 3. The van der Waals surface area contributed by atoms with Gasteiger partial charge in [-0.05, 0) is 38.8 Å². The van der Waals surface area contributed by atoms with Crippen LogP contribution in [0.25, 0.3) is 10.9 Å². The Morgan fingerprint density at radius 1 is 0.841 bits per heavy atom. The molecule has 0 spiro atoms. The third kappa shape index (κ3) is 9.81. The van der Waals surface area contributed by atoms with Gasteiger partial charge in [-0.3, -0.25) is 19.7 Å². The fraction of sp³-hybridized carbons (Fsp3) is 0.438. The largest absolute Gasteiger partial charge is 0.469 e. The molecule has 12 heteroatoms. The van der Waals surface area contributed by atoms with Crippen molar-refractivity contribution in [3.63, 3.8) is 0 Å². The highest BCUT2D eigenvalue weighted by atomic mass is 16.6. The summed E-state index contributed by atoms with van der Waals surface area (Å²) in [5, 5.41) is 10.2. The van der Waals surface area contributed by atoms with E-state index in [0.29, 0.717) is 12.0 Å². The number of carbonyl (C=O) groups excluding carboxylic acids is 4. The van der Waals surface area contributed by atoms with E-state index in [1.165, 1.54) is 21.3 Å². The van der Waals surface area contributed by atoms with Crippen LogP contribution >= 0.6 is 0 Å². The topological polar surface area (TPSA) is 157 Å². The van der Waals surface area contributed by atoms with Gasteiger partial charge in [0.1, 0.15) is 17.7 Å². The van der Waals surface area contributed by atoms with Crippen molar-refractivity contribution in [2.75, 3.05) is 27.9 Å². The number of para-hydroxylation sites is 1. The average molecular weight is 611 g/mol. The molecule has 3 aromatic rings. The normalized spacial score (nSPS) is 14.1. The Labute approximate surface area is 257 Å². The van der Waals surface area contributed by atoms with Crippen molar-refractivity contribution in [1.29, 1.82) is 0 Å². The number of rotatable bonds is 14. The maximum absolute atomic E-state index is 13.2. The minimum absolute atomic E-state index is 0.0429. The number of esters is 3. The van der Waals surface area contributed by atoms with Crippen molar-refractivity contribution in [1.82, 2.24) is 20.9 Å². The lowest BCUT2D eigenvalue weighted by atomic mass is 9.96. The van der Waals surface area contributed by atoms with Crippen molar-refractivity contribution in [3.05, 3.63) is 71.9 Å². The van der Waals surface area contributed by atoms with Crippen LogP contribution in [-0.4, -0.2) is 80.6 Å². The summed E-state index contributed by atoms with van der Waals surface area (Å²) in [5.41, 5.74) is 1.62. The van der Waals surface area contributed by atoms with E-state index in [0.717, 1.165) is 16.5 Å². The molecule has 4 atom stereocenters. The highest BCUT2D eigenvalue weighted by Gasteiger charge is 2.35. The quantitative estimate of drug-likeness (QED) is 0.158. The Hall–Kier alpha value is -4.42. The maximum Gasteiger partial charge on any atom is 0.408 e. The summed E-state index contributed by atoms with van der Waals surface area (Å²) in [6, 6.07) is 13.4. The van der Waals surface area contributed by atoms with Gasteiger partial charge in [0.2, 0.25) is 0 Å². The van der Waals surface area contributed by atoms with Gasteiger partial charge in [-0.25, -0.2) is 4.79 Å². The van der Waals surface area contributed by atoms with E-state index in [4.69, 9.17) is 18.9 Å². The predicted molar refractivity (Wildman–Crippen MR) is 164 cm³/mol. The summed E-state index contributed by atoms with van der Waals surface area (Å²) in [6.45, 7) is 5.29. The molecule has 1 aromatic heterocycles. The van der Waals surface area contributed by atoms with Crippen molar-refractivity contribution in [2.24, 2.45) is 0 Å². The van der Waals surface area contributed by atoms with Gasteiger partial charge in [0.15, 0.2) is 0 Å². The lowest BCUT2D eigenvalue weighted by Crippen LogP contribution is -2.57. The summed E-state index contributed by atoms with van der Waals surface area (Å²) in [6.07, 6.45) is 1.05. The zero-order valence-corrected chi connectivity index (χ0v) is 26.0. The minimum atomic E-state index is -1.14. The number of H-pyrrole nitrogens is 1. The molecule has 0 aliphatic rings. The lowest BCUT2D eigenvalue weighted by molar-refractivity contribution is -0.150. The first-order valence-corrected chi connectivity index (χ1v) is 14.3. The Kier molecular flexibility index (Phi) is 12.3. The molecule has 0 bridgehead atoms. The van der Waals surface area contributed by atoms with Crippen LogP contribution in [0.1, 0.15) is 44.4 Å². The average Bonchev–Trinajstić information content (AvgIpc) is 3.43. The lowest BCUT2D eigenvalue weighted by Gasteiger charge is -2.33. The number of hydrogen-bond acceptors (Lipinski definition) is 10. The van der Waals surface area contributed by atoms with Crippen molar-refractivity contribution in [2.45, 2.75) is 63.4 Å². The molecule has 0 saturated carbocycles. The summed E-state index contributed by atoms with van der Waals surface area (Å²) >= 11 is 0. The number of amides is 1. The number of ether oxygens (including phenoxy) is 4. The van der Waals surface area contributed by atoms with Gasteiger partial charge >= 0.3 is 24.0 Å². The fourth-order valence-electron chi connectivity index (χ4n) is 4.81. The Morgan fingerprint density at radius 2 is 1.48 bits per heavy atom. The van der Waals surface area contributed by atoms with Crippen molar-refractivity contribution < 1.29 is 38.1 Å². The van der Waals surface area contributed by atoms with Crippen LogP contribution in [0, 0.1) is 0 Å². The summed E-state index contributed by atoms with van der Waals surface area (Å²) in [7, 11) is 3.74. The van der Waals surface area contributed by atoms with E-state index in [1.54, 1.807) is 27.0 Å². The van der Waals surface area contributed by atoms with Gasteiger partial charge in [0, 0.05) is 35.2 Å². The maximum atomic E-state index is 13.2. The van der Waals surface area contributed by atoms with Gasteiger partial charge in [0.05, 0.1) is 33.8 Å². The smallest absolute Gasteiger partial charge is 0.408 e. The molecule has 1 heterocycles. The van der Waals surface area contributed by atoms with E-state index in [2.05, 4.69) is 20.9 Å². The van der Waals surface area contributed by atoms with E-state index in [-0.39, 0.29) is 13.0 Å². The zero-order chi connectivity index (χ0) is 32.3. The molecule has 12 nitrogen and oxygen atoms in total. The summed E-state index contributed by atoms with van der Waals surface area (Å²) in [5.74, 6) is -1.83. The molecule has 1 amide bonds. The Balaban J connectivity index is 2.06. The molecule has 0 fully saturated rings. The molecule has 2 aromatic carbocycles. The number of hydrogen-bond donors (Lipinski definition) is 4. The van der Waals surface area contributed by atoms with Crippen molar-refractivity contribution in [3.8, 4) is 0 Å². The molecule has 3 rings (SSSR count). The molecule has 0 aliphatic carbocycles. The SMILES string of the molecule is COC(=O)C[C@H](N[C@@H](CN[C@@H](Cc1ccccc1)C(=O)OC)[C@@H](NC(=O)OC(C)(C)C)c1c[nH]c2ccccc12)C(=O)OC. The van der Waals surface area contributed by atoms with Crippen LogP contribution in [0.4, 0.5) is 4.79 Å². The van der Waals surface area contributed by atoms with Crippen LogP contribution in [0.3, 0.4) is 0 Å². The van der Waals surface area contributed by atoms with Gasteiger partial charge in [-0.15, -0.1) is 0 Å². The first-order valence-electron chi connectivity index (χ1n) is 14.3. The van der Waals surface area contributed by atoms with E-state index in [9.17, 15) is 19.2 Å². The first kappa shape index (κ1) is 34.1. The molecule has 0 unspecified atom stereocenters. The van der Waals surface area contributed by atoms with Crippen LogP contribution < -0.4 is 16.0 Å². The molecule has 238 valence electrons. The Morgan fingerprint density at radius 3 is 2.11 bits per heavy atom. The molecule has 0 radical (unpaired) electrons. The van der Waals surface area contributed by atoms with Crippen LogP contribution in [-0.2, 0) is 39.8 Å². The monoisotopic (exact) mass is 610 g/mol. The zero-order valence-electron chi connectivity index (χ0n) is 26.0.